The van der Waals surface area contributed by atoms with Crippen LogP contribution in [0.25, 0.3) is 66.8 Å². The van der Waals surface area contributed by atoms with Gasteiger partial charge in [-0.25, -0.2) is 0 Å². The molecule has 2 aliphatic heterocycles. The van der Waals surface area contributed by atoms with Gasteiger partial charge in [0.05, 0.1) is 0 Å². The summed E-state index contributed by atoms with van der Waals surface area (Å²) < 4.78 is 14.1. The molecule has 61 heavy (non-hydrogen) atoms. The first kappa shape index (κ1) is 34.1. The van der Waals surface area contributed by atoms with Crippen molar-refractivity contribution >= 4 is 34.5 Å². The van der Waals surface area contributed by atoms with Crippen LogP contribution in [0.1, 0.15) is 22.3 Å². The van der Waals surface area contributed by atoms with Crippen molar-refractivity contribution in [2.75, 3.05) is 11.5 Å². The van der Waals surface area contributed by atoms with Crippen LogP contribution >= 0.6 is 0 Å². The van der Waals surface area contributed by atoms with Crippen LogP contribution in [-0.2, 0) is 12.8 Å². The van der Waals surface area contributed by atoms with E-state index in [2.05, 4.69) is 164 Å². The van der Waals surface area contributed by atoms with E-state index in [1.807, 2.05) is 12.1 Å². The predicted octanol–water partition coefficient (Wildman–Crippen LogP) is 11.4. The normalized spacial score (nSPS) is 13.1. The molecule has 13 rings (SSSR count). The topological polar surface area (TPSA) is 70.5 Å². The lowest BCUT2D eigenvalue weighted by Crippen LogP contribution is -2.57. The van der Waals surface area contributed by atoms with Crippen LogP contribution in [0.3, 0.4) is 0 Å². The molecule has 0 unspecified atom stereocenters. The molecule has 2 heterocycles. The first-order valence-electron chi connectivity index (χ1n) is 21.0. The number of nitrogen functional groups attached to an aromatic ring is 2. The summed E-state index contributed by atoms with van der Waals surface area (Å²) in [6.45, 7) is -0.110. The molecule has 0 aromatic heterocycles. The average Bonchev–Trinajstić information content (AvgIpc) is 3.85. The molecule has 0 fully saturated rings. The van der Waals surface area contributed by atoms with E-state index in [-0.39, 0.29) is 6.71 Å². The van der Waals surface area contributed by atoms with Crippen molar-refractivity contribution in [1.29, 1.82) is 0 Å². The highest BCUT2D eigenvalue weighted by atomic mass is 16.5. The zero-order valence-electron chi connectivity index (χ0n) is 33.2. The number of hydrogen-bond acceptors (Lipinski definition) is 4. The maximum atomic E-state index is 7.58. The monoisotopic (exact) mass is 780 g/mol. The third-order valence-corrected chi connectivity index (χ3v) is 13.3. The fourth-order valence-electron chi connectivity index (χ4n) is 10.8. The van der Waals surface area contributed by atoms with E-state index in [1.54, 1.807) is 0 Å². The van der Waals surface area contributed by atoms with Gasteiger partial charge in [-0.3, -0.25) is 0 Å². The molecule has 0 saturated heterocycles. The first-order chi connectivity index (χ1) is 30.1. The van der Waals surface area contributed by atoms with Gasteiger partial charge < -0.3 is 20.9 Å². The fraction of sp³-hybridized carbons (Fsp3) is 0.0357. The van der Waals surface area contributed by atoms with Crippen molar-refractivity contribution in [3.63, 3.8) is 0 Å². The van der Waals surface area contributed by atoms with Gasteiger partial charge in [-0.05, 0) is 126 Å². The Kier molecular flexibility index (Phi) is 7.20. The Morgan fingerprint density at radius 1 is 0.393 bits per heavy atom. The molecule has 4 aliphatic rings. The molecule has 4 nitrogen and oxygen atoms in total. The Morgan fingerprint density at radius 2 is 0.967 bits per heavy atom. The second-order valence-electron chi connectivity index (χ2n) is 16.7. The lowest BCUT2D eigenvalue weighted by atomic mass is 9.34. The van der Waals surface area contributed by atoms with Crippen LogP contribution in [0.15, 0.2) is 176 Å². The van der Waals surface area contributed by atoms with E-state index in [1.165, 1.54) is 44.5 Å². The quantitative estimate of drug-likeness (QED) is 0.138. The number of hydrogen-bond donors (Lipinski definition) is 2. The third kappa shape index (κ3) is 4.95. The molecule has 0 atom stereocenters. The highest BCUT2D eigenvalue weighted by molar-refractivity contribution is 6.98. The smallest absolute Gasteiger partial charge is 0.260 e. The van der Waals surface area contributed by atoms with Gasteiger partial charge >= 0.3 is 0 Å². The molecule has 0 bridgehead atoms. The lowest BCUT2D eigenvalue weighted by Gasteiger charge is -2.35. The number of benzene rings is 9. The Bertz CT molecular complexity index is 3310. The maximum absolute atomic E-state index is 7.58. The van der Waals surface area contributed by atoms with Gasteiger partial charge in [0.1, 0.15) is 23.0 Å². The minimum absolute atomic E-state index is 0.110. The fourth-order valence-corrected chi connectivity index (χ4v) is 10.8. The van der Waals surface area contributed by atoms with Crippen LogP contribution in [-0.4, -0.2) is 6.71 Å². The summed E-state index contributed by atoms with van der Waals surface area (Å²) in [7, 11) is 0. The zero-order valence-corrected chi connectivity index (χ0v) is 33.2. The number of fused-ring (bicyclic) bond motifs is 10. The summed E-state index contributed by atoms with van der Waals surface area (Å²) in [5, 5.41) is 0. The van der Waals surface area contributed by atoms with E-state index >= 15 is 0 Å². The highest BCUT2D eigenvalue weighted by Gasteiger charge is 2.44. The molecular weight excluding hydrogens is 743 g/mol. The Labute approximate surface area is 354 Å². The van der Waals surface area contributed by atoms with Crippen molar-refractivity contribution in [2.24, 2.45) is 0 Å². The second-order valence-corrected chi connectivity index (χ2v) is 16.7. The van der Waals surface area contributed by atoms with Crippen LogP contribution in [0, 0.1) is 0 Å². The summed E-state index contributed by atoms with van der Waals surface area (Å²) in [5.74, 6) is 3.42. The molecule has 0 saturated carbocycles. The molecule has 9 aromatic rings. The molecule has 0 amide bonds. The largest absolute Gasteiger partial charge is 0.458 e. The van der Waals surface area contributed by atoms with Crippen LogP contribution in [0.5, 0.6) is 23.0 Å². The molecule has 5 heteroatoms. The van der Waals surface area contributed by atoms with Crippen molar-refractivity contribution in [1.82, 2.24) is 0 Å². The maximum Gasteiger partial charge on any atom is 0.260 e. The van der Waals surface area contributed by atoms with Gasteiger partial charge in [-0.1, -0.05) is 146 Å². The van der Waals surface area contributed by atoms with Crippen molar-refractivity contribution in [2.45, 2.75) is 12.8 Å². The van der Waals surface area contributed by atoms with Crippen molar-refractivity contribution in [3.8, 4) is 89.8 Å². The van der Waals surface area contributed by atoms with Gasteiger partial charge in [-0.15, -0.1) is 0 Å². The minimum Gasteiger partial charge on any atom is -0.458 e. The van der Waals surface area contributed by atoms with Crippen molar-refractivity contribution < 1.29 is 9.47 Å². The van der Waals surface area contributed by atoms with Crippen LogP contribution in [0.4, 0.5) is 11.4 Å². The van der Waals surface area contributed by atoms with Crippen LogP contribution < -0.4 is 37.3 Å². The molecule has 0 radical (unpaired) electrons. The predicted molar refractivity (Wildman–Crippen MR) is 251 cm³/mol. The lowest BCUT2D eigenvalue weighted by molar-refractivity contribution is 0.465. The van der Waals surface area contributed by atoms with Gasteiger partial charge in [0.25, 0.3) is 6.71 Å². The van der Waals surface area contributed by atoms with Gasteiger partial charge in [-0.2, -0.15) is 0 Å². The number of ether oxygens (including phenoxy) is 2. The Balaban J connectivity index is 1.14. The summed E-state index contributed by atoms with van der Waals surface area (Å²) >= 11 is 0. The molecule has 4 N–H and O–H groups in total. The Morgan fingerprint density at radius 3 is 1.64 bits per heavy atom. The van der Waals surface area contributed by atoms with Gasteiger partial charge in [0.15, 0.2) is 0 Å². The second kappa shape index (κ2) is 12.9. The van der Waals surface area contributed by atoms with E-state index in [9.17, 15) is 0 Å². The minimum atomic E-state index is -0.110. The summed E-state index contributed by atoms with van der Waals surface area (Å²) in [4.78, 5) is 0. The summed E-state index contributed by atoms with van der Waals surface area (Å²) in [6.07, 6.45) is 1.55. The SMILES string of the molecule is Nc1ccc2c(c1)Cc1cc3c(cc1-2)Oc1cccc2c1B3c1cc3c(c(-c4ccccc4)c1O2)-c1c(c(-c2ccccc2)c(N)c(-c2ccccc2)c1-c1ccccc1)C3. The zero-order chi connectivity index (χ0) is 40.3. The van der Waals surface area contributed by atoms with E-state index < -0.39 is 0 Å². The number of nitrogens with two attached hydrogens (primary N) is 2. The van der Waals surface area contributed by atoms with Crippen molar-refractivity contribution in [3.05, 3.63) is 198 Å². The highest BCUT2D eigenvalue weighted by Crippen LogP contribution is 2.58. The van der Waals surface area contributed by atoms with Gasteiger partial charge in [0, 0.05) is 33.5 Å². The summed E-state index contributed by atoms with van der Waals surface area (Å²) in [5.41, 5.74) is 37.5. The Hall–Kier alpha value is -7.76. The number of rotatable bonds is 4. The van der Waals surface area contributed by atoms with Crippen LogP contribution in [0.2, 0.25) is 0 Å². The molecule has 2 aliphatic carbocycles. The standard InChI is InChI=1S/C56H37BN2O2/c58-39-24-25-40-36(27-39)26-37-29-43-47(31-41(37)40)60-45-22-13-23-46-54(45)57(43)44-30-38-28-42-48(32-14-5-1-6-15-32)55(59)51(34-18-9-3-10-19-34)49(33-16-7-2-8-17-33)53(42)50(38)52(56(44)61-46)35-20-11-4-12-21-35/h1-25,27,29-31H,26,28,58-59H2. The van der Waals surface area contributed by atoms with E-state index in [4.69, 9.17) is 20.9 Å². The first-order valence-corrected chi connectivity index (χ1v) is 21.0. The van der Waals surface area contributed by atoms with E-state index in [0.717, 1.165) is 102 Å². The number of anilines is 2. The van der Waals surface area contributed by atoms with Gasteiger partial charge in [0.2, 0.25) is 0 Å². The average molecular weight is 781 g/mol. The molecule has 286 valence electrons. The third-order valence-electron chi connectivity index (χ3n) is 13.3. The van der Waals surface area contributed by atoms with E-state index in [0.29, 0.717) is 6.42 Å². The molecule has 0 spiro atoms. The molecular formula is C56H37BN2O2. The molecule has 9 aromatic carbocycles. The summed E-state index contributed by atoms with van der Waals surface area (Å²) in [6, 6.07) is 62.5.